The second-order valence-corrected chi connectivity index (χ2v) is 6.99. The number of carbonyl (C=O) groups excluding carboxylic acids is 1. The normalized spacial score (nSPS) is 11.7. The maximum Gasteiger partial charge on any atom is 0.221 e. The number of aliphatic imine (C=N–C) groups is 1. The molecule has 170 valence electrons. The SMILES string of the molecule is CCNC(=NCc1ccc(OC)c(NC(C)=O)c1)NCC(C)Oc1ccccc1C.I. The molecule has 2 aromatic carbocycles. The number of amides is 1. The van der Waals surface area contributed by atoms with Crippen molar-refractivity contribution in [2.24, 2.45) is 4.99 Å². The first-order chi connectivity index (χ1) is 14.4. The van der Waals surface area contributed by atoms with Crippen LogP contribution in [0.15, 0.2) is 47.5 Å². The highest BCUT2D eigenvalue weighted by molar-refractivity contribution is 14.0. The Morgan fingerprint density at radius 2 is 1.87 bits per heavy atom. The molecule has 0 saturated heterocycles. The Morgan fingerprint density at radius 3 is 2.52 bits per heavy atom. The van der Waals surface area contributed by atoms with Crippen LogP contribution in [0.4, 0.5) is 5.69 Å². The first-order valence-electron chi connectivity index (χ1n) is 10.1. The summed E-state index contributed by atoms with van der Waals surface area (Å²) in [5, 5.41) is 9.35. The minimum atomic E-state index is -0.147. The van der Waals surface area contributed by atoms with Gasteiger partial charge in [0.15, 0.2) is 5.96 Å². The van der Waals surface area contributed by atoms with Crippen LogP contribution < -0.4 is 25.4 Å². The second kappa shape index (κ2) is 13.7. The molecule has 0 fully saturated rings. The third kappa shape index (κ3) is 9.04. The summed E-state index contributed by atoms with van der Waals surface area (Å²) in [6.07, 6.45) is -0.0256. The van der Waals surface area contributed by atoms with Crippen LogP contribution in [-0.2, 0) is 11.3 Å². The molecule has 0 spiro atoms. The highest BCUT2D eigenvalue weighted by Gasteiger charge is 2.09. The number of para-hydroxylation sites is 1. The number of anilines is 1. The topological polar surface area (TPSA) is 84.0 Å². The van der Waals surface area contributed by atoms with Crippen LogP contribution in [0.1, 0.15) is 31.9 Å². The molecule has 31 heavy (non-hydrogen) atoms. The molecule has 3 N–H and O–H groups in total. The number of carbonyl (C=O) groups is 1. The van der Waals surface area contributed by atoms with Gasteiger partial charge in [-0.2, -0.15) is 0 Å². The van der Waals surface area contributed by atoms with Gasteiger partial charge < -0.3 is 25.4 Å². The Hall–Kier alpha value is -2.49. The van der Waals surface area contributed by atoms with Crippen molar-refractivity contribution >= 4 is 41.5 Å². The van der Waals surface area contributed by atoms with Gasteiger partial charge in [0.25, 0.3) is 0 Å². The fourth-order valence-corrected chi connectivity index (χ4v) is 2.84. The van der Waals surface area contributed by atoms with E-state index >= 15 is 0 Å². The van der Waals surface area contributed by atoms with E-state index in [1.165, 1.54) is 6.92 Å². The average Bonchev–Trinajstić information content (AvgIpc) is 2.71. The van der Waals surface area contributed by atoms with Gasteiger partial charge in [-0.1, -0.05) is 24.3 Å². The van der Waals surface area contributed by atoms with E-state index in [-0.39, 0.29) is 36.0 Å². The summed E-state index contributed by atoms with van der Waals surface area (Å²) in [5.74, 6) is 2.06. The van der Waals surface area contributed by atoms with E-state index in [0.717, 1.165) is 23.4 Å². The molecule has 0 bridgehead atoms. The molecule has 0 aliphatic heterocycles. The van der Waals surface area contributed by atoms with E-state index in [9.17, 15) is 4.79 Å². The van der Waals surface area contributed by atoms with Crippen LogP contribution in [0.3, 0.4) is 0 Å². The zero-order valence-electron chi connectivity index (χ0n) is 18.8. The lowest BCUT2D eigenvalue weighted by atomic mass is 10.2. The Morgan fingerprint density at radius 1 is 1.13 bits per heavy atom. The van der Waals surface area contributed by atoms with E-state index in [0.29, 0.717) is 30.5 Å². The van der Waals surface area contributed by atoms with Gasteiger partial charge in [-0.25, -0.2) is 4.99 Å². The van der Waals surface area contributed by atoms with Crippen molar-refractivity contribution in [1.29, 1.82) is 0 Å². The van der Waals surface area contributed by atoms with Gasteiger partial charge in [0.2, 0.25) is 5.91 Å². The van der Waals surface area contributed by atoms with Crippen molar-refractivity contribution in [1.82, 2.24) is 10.6 Å². The summed E-state index contributed by atoms with van der Waals surface area (Å²) in [6.45, 7) is 9.36. The highest BCUT2D eigenvalue weighted by Crippen LogP contribution is 2.25. The molecule has 8 heteroatoms. The van der Waals surface area contributed by atoms with Crippen molar-refractivity contribution in [3.05, 3.63) is 53.6 Å². The minimum absolute atomic E-state index is 0. The van der Waals surface area contributed by atoms with Gasteiger partial charge in [-0.05, 0) is 50.1 Å². The third-order valence-electron chi connectivity index (χ3n) is 4.32. The number of nitrogens with one attached hydrogen (secondary N) is 3. The molecule has 1 unspecified atom stereocenters. The molecule has 2 aromatic rings. The largest absolute Gasteiger partial charge is 0.495 e. The molecular weight excluding hydrogens is 507 g/mol. The maximum atomic E-state index is 11.4. The summed E-state index contributed by atoms with van der Waals surface area (Å²) in [7, 11) is 1.58. The molecule has 0 aliphatic rings. The van der Waals surface area contributed by atoms with Crippen molar-refractivity contribution in [3.63, 3.8) is 0 Å². The zero-order valence-corrected chi connectivity index (χ0v) is 21.2. The third-order valence-corrected chi connectivity index (χ3v) is 4.32. The van der Waals surface area contributed by atoms with Crippen LogP contribution in [0.2, 0.25) is 0 Å². The van der Waals surface area contributed by atoms with Gasteiger partial charge >= 0.3 is 0 Å². The Kier molecular flexibility index (Phi) is 11.8. The van der Waals surface area contributed by atoms with Gasteiger partial charge in [0.05, 0.1) is 25.9 Å². The molecule has 0 radical (unpaired) electrons. The van der Waals surface area contributed by atoms with Gasteiger partial charge in [0, 0.05) is 13.5 Å². The number of methoxy groups -OCH3 is 1. The van der Waals surface area contributed by atoms with Crippen LogP contribution in [0, 0.1) is 6.92 Å². The Labute approximate surface area is 202 Å². The number of nitrogens with zero attached hydrogens (tertiary/aromatic N) is 1. The molecule has 7 nitrogen and oxygen atoms in total. The van der Waals surface area contributed by atoms with Crippen LogP contribution in [-0.4, -0.2) is 38.2 Å². The number of guanidine groups is 1. The number of aryl methyl sites for hydroxylation is 1. The standard InChI is InChI=1S/C23H32N4O3.HI/c1-6-24-23(25-14-17(3)30-21-10-8-7-9-16(21)2)26-15-19-11-12-22(29-5)20(13-19)27-18(4)28;/h7-13,17H,6,14-15H2,1-5H3,(H,27,28)(H2,24,25,26);1H. The molecule has 0 saturated carbocycles. The number of benzene rings is 2. The van der Waals surface area contributed by atoms with Gasteiger partial charge in [-0.15, -0.1) is 24.0 Å². The number of hydrogen-bond acceptors (Lipinski definition) is 4. The predicted octanol–water partition coefficient (Wildman–Crippen LogP) is 4.10. The fraction of sp³-hybridized carbons (Fsp3) is 0.391. The second-order valence-electron chi connectivity index (χ2n) is 6.99. The lowest BCUT2D eigenvalue weighted by Gasteiger charge is -2.19. The van der Waals surface area contributed by atoms with E-state index < -0.39 is 0 Å². The smallest absolute Gasteiger partial charge is 0.221 e. The summed E-state index contributed by atoms with van der Waals surface area (Å²) < 4.78 is 11.3. The predicted molar refractivity (Wildman–Crippen MR) is 137 cm³/mol. The molecule has 1 atom stereocenters. The Balaban J connectivity index is 0.00000480. The number of rotatable bonds is 9. The zero-order chi connectivity index (χ0) is 21.9. The van der Waals surface area contributed by atoms with E-state index in [1.807, 2.05) is 63.2 Å². The number of ether oxygens (including phenoxy) is 2. The lowest BCUT2D eigenvalue weighted by Crippen LogP contribution is -2.41. The lowest BCUT2D eigenvalue weighted by molar-refractivity contribution is -0.114. The van der Waals surface area contributed by atoms with Crippen LogP contribution in [0.25, 0.3) is 0 Å². The average molecular weight is 540 g/mol. The first-order valence-corrected chi connectivity index (χ1v) is 10.1. The number of halogens is 1. The van der Waals surface area contributed by atoms with E-state index in [4.69, 9.17) is 9.47 Å². The molecule has 0 aliphatic carbocycles. The van der Waals surface area contributed by atoms with E-state index in [2.05, 4.69) is 20.9 Å². The highest BCUT2D eigenvalue weighted by atomic mass is 127. The van der Waals surface area contributed by atoms with E-state index in [1.54, 1.807) is 7.11 Å². The molecule has 2 rings (SSSR count). The summed E-state index contributed by atoms with van der Waals surface area (Å²) in [5.41, 5.74) is 2.70. The summed E-state index contributed by atoms with van der Waals surface area (Å²) >= 11 is 0. The molecule has 0 heterocycles. The van der Waals surface area contributed by atoms with Crippen LogP contribution in [0.5, 0.6) is 11.5 Å². The molecule has 0 aromatic heterocycles. The van der Waals surface area contributed by atoms with Crippen molar-refractivity contribution in [2.75, 3.05) is 25.5 Å². The minimum Gasteiger partial charge on any atom is -0.495 e. The van der Waals surface area contributed by atoms with Gasteiger partial charge in [0.1, 0.15) is 17.6 Å². The number of hydrogen-bond donors (Lipinski definition) is 3. The first kappa shape index (κ1) is 26.5. The fourth-order valence-electron chi connectivity index (χ4n) is 2.84. The summed E-state index contributed by atoms with van der Waals surface area (Å²) in [4.78, 5) is 16.1. The van der Waals surface area contributed by atoms with Gasteiger partial charge in [-0.3, -0.25) is 4.79 Å². The molecule has 1 amide bonds. The van der Waals surface area contributed by atoms with Crippen molar-refractivity contribution in [3.8, 4) is 11.5 Å². The maximum absolute atomic E-state index is 11.4. The van der Waals surface area contributed by atoms with Crippen molar-refractivity contribution < 1.29 is 14.3 Å². The molecular formula is C23H33IN4O3. The Bertz CT molecular complexity index is 874. The summed E-state index contributed by atoms with van der Waals surface area (Å²) in [6, 6.07) is 13.6. The monoisotopic (exact) mass is 540 g/mol. The quantitative estimate of drug-likeness (QED) is 0.254. The van der Waals surface area contributed by atoms with Crippen molar-refractivity contribution in [2.45, 2.75) is 40.3 Å². The van der Waals surface area contributed by atoms with Crippen LogP contribution >= 0.6 is 24.0 Å².